The number of hydrogen-bond acceptors (Lipinski definition) is 4. The first-order valence-electron chi connectivity index (χ1n) is 8.71. The molecule has 0 unspecified atom stereocenters. The van der Waals surface area contributed by atoms with Gasteiger partial charge < -0.3 is 9.72 Å². The van der Waals surface area contributed by atoms with Gasteiger partial charge in [-0.05, 0) is 49.9 Å². The van der Waals surface area contributed by atoms with Crippen molar-refractivity contribution in [3.63, 3.8) is 0 Å². The second-order valence-electron chi connectivity index (χ2n) is 6.30. The summed E-state index contributed by atoms with van der Waals surface area (Å²) in [6.07, 6.45) is 3.62. The zero-order valence-electron chi connectivity index (χ0n) is 14.2. The number of nitrogens with zero attached hydrogens (tertiary/aromatic N) is 1. The summed E-state index contributed by atoms with van der Waals surface area (Å²) in [5.41, 5.74) is 2.59. The Labute approximate surface area is 150 Å². The normalized spacial score (nSPS) is 13.1. The highest BCUT2D eigenvalue weighted by Gasteiger charge is 2.19. The third-order valence-electron chi connectivity index (χ3n) is 4.55. The molecule has 1 aromatic heterocycles. The van der Waals surface area contributed by atoms with Crippen molar-refractivity contribution in [2.24, 2.45) is 0 Å². The Morgan fingerprint density at radius 2 is 1.69 bits per heavy atom. The largest absolute Gasteiger partial charge is 0.422 e. The summed E-state index contributed by atoms with van der Waals surface area (Å²) in [7, 11) is 0. The summed E-state index contributed by atoms with van der Waals surface area (Å²) in [4.78, 5) is 32.3. The van der Waals surface area contributed by atoms with Crippen LogP contribution in [0, 0.1) is 0 Å². The van der Waals surface area contributed by atoms with Crippen LogP contribution in [0.25, 0.3) is 11.4 Å². The number of rotatable bonds is 3. The molecule has 0 saturated heterocycles. The van der Waals surface area contributed by atoms with E-state index in [4.69, 9.17) is 4.74 Å². The zero-order chi connectivity index (χ0) is 17.9. The summed E-state index contributed by atoms with van der Waals surface area (Å²) < 4.78 is 5.57. The number of aromatic nitrogens is 2. The highest BCUT2D eigenvalue weighted by atomic mass is 16.5. The number of carbonyl (C=O) groups excluding carboxylic acids is 1. The number of H-pyrrole nitrogens is 1. The molecule has 1 aliphatic rings. The van der Waals surface area contributed by atoms with Crippen LogP contribution in [0.15, 0.2) is 59.4 Å². The van der Waals surface area contributed by atoms with Crippen molar-refractivity contribution in [3.05, 3.63) is 81.8 Å². The topological polar surface area (TPSA) is 72.0 Å². The van der Waals surface area contributed by atoms with Crippen LogP contribution in [0.2, 0.25) is 0 Å². The fraction of sp³-hybridized carbons (Fsp3) is 0.190. The molecule has 1 N–H and O–H groups in total. The summed E-state index contributed by atoms with van der Waals surface area (Å²) in [5, 5.41) is 0. The smallest absolute Gasteiger partial charge is 0.343 e. The molecule has 2 aromatic carbocycles. The molecular weight excluding hydrogens is 328 g/mol. The van der Waals surface area contributed by atoms with E-state index in [-0.39, 0.29) is 5.56 Å². The van der Waals surface area contributed by atoms with Crippen molar-refractivity contribution in [1.82, 2.24) is 9.97 Å². The minimum atomic E-state index is -0.446. The maximum absolute atomic E-state index is 12.4. The number of fused-ring (bicyclic) bond motifs is 1. The monoisotopic (exact) mass is 346 g/mol. The van der Waals surface area contributed by atoms with Gasteiger partial charge in [0.2, 0.25) is 0 Å². The summed E-state index contributed by atoms with van der Waals surface area (Å²) in [6, 6.07) is 15.9. The van der Waals surface area contributed by atoms with E-state index >= 15 is 0 Å². The minimum Gasteiger partial charge on any atom is -0.422 e. The first-order valence-corrected chi connectivity index (χ1v) is 8.71. The number of aromatic amines is 1. The molecule has 1 heterocycles. The quantitative estimate of drug-likeness (QED) is 0.582. The lowest BCUT2D eigenvalue weighted by molar-refractivity contribution is 0.0735. The van der Waals surface area contributed by atoms with Gasteiger partial charge in [-0.25, -0.2) is 9.78 Å². The Kier molecular flexibility index (Phi) is 4.35. The molecule has 0 bridgehead atoms. The lowest BCUT2D eigenvalue weighted by Crippen LogP contribution is -2.21. The first-order chi connectivity index (χ1) is 12.7. The van der Waals surface area contributed by atoms with Gasteiger partial charge in [-0.3, -0.25) is 4.79 Å². The number of nitrogens with one attached hydrogen (secondary N) is 1. The molecule has 3 aromatic rings. The summed E-state index contributed by atoms with van der Waals surface area (Å²) >= 11 is 0. The lowest BCUT2D eigenvalue weighted by atomic mass is 9.97. The highest BCUT2D eigenvalue weighted by molar-refractivity contribution is 5.91. The maximum atomic E-state index is 12.4. The number of carbonyl (C=O) groups is 1. The Morgan fingerprint density at radius 3 is 2.54 bits per heavy atom. The van der Waals surface area contributed by atoms with Crippen LogP contribution in [0.5, 0.6) is 5.75 Å². The van der Waals surface area contributed by atoms with Crippen molar-refractivity contribution < 1.29 is 9.53 Å². The van der Waals surface area contributed by atoms with Crippen molar-refractivity contribution >= 4 is 5.97 Å². The molecule has 130 valence electrons. The molecule has 26 heavy (non-hydrogen) atoms. The van der Waals surface area contributed by atoms with Gasteiger partial charge in [0.1, 0.15) is 11.6 Å². The first kappa shape index (κ1) is 16.3. The van der Waals surface area contributed by atoms with Crippen LogP contribution in [0.3, 0.4) is 0 Å². The van der Waals surface area contributed by atoms with Gasteiger partial charge in [0.15, 0.2) is 0 Å². The number of hydrogen-bond donors (Lipinski definition) is 1. The number of para-hydroxylation sites is 1. The molecule has 0 saturated carbocycles. The number of esters is 1. The molecule has 0 amide bonds. The Hall–Kier alpha value is -3.21. The molecule has 0 spiro atoms. The molecule has 0 aliphatic heterocycles. The summed E-state index contributed by atoms with van der Waals surface area (Å²) in [6.45, 7) is 0. The molecule has 0 radical (unpaired) electrons. The molecule has 1 aliphatic carbocycles. The molecule has 4 rings (SSSR count). The third kappa shape index (κ3) is 3.16. The molecule has 5 heteroatoms. The second kappa shape index (κ2) is 6.96. The van der Waals surface area contributed by atoms with E-state index in [1.165, 1.54) is 0 Å². The van der Waals surface area contributed by atoms with Crippen LogP contribution < -0.4 is 10.3 Å². The van der Waals surface area contributed by atoms with E-state index < -0.39 is 5.97 Å². The van der Waals surface area contributed by atoms with Gasteiger partial charge in [-0.15, -0.1) is 0 Å². The predicted octanol–water partition coefficient (Wildman–Crippen LogP) is 3.53. The van der Waals surface area contributed by atoms with Gasteiger partial charge >= 0.3 is 5.97 Å². The van der Waals surface area contributed by atoms with Gasteiger partial charge in [-0.1, -0.05) is 30.3 Å². The average molecular weight is 346 g/mol. The van der Waals surface area contributed by atoms with Crippen LogP contribution >= 0.6 is 0 Å². The lowest BCUT2D eigenvalue weighted by Gasteiger charge is -2.15. The van der Waals surface area contributed by atoms with Crippen LogP contribution in [0.1, 0.15) is 34.5 Å². The minimum absolute atomic E-state index is 0.103. The van der Waals surface area contributed by atoms with Crippen molar-refractivity contribution in [1.29, 1.82) is 0 Å². The van der Waals surface area contributed by atoms with E-state index in [1.54, 1.807) is 42.5 Å². The number of benzene rings is 2. The zero-order valence-corrected chi connectivity index (χ0v) is 14.2. The second-order valence-corrected chi connectivity index (χ2v) is 6.30. The summed E-state index contributed by atoms with van der Waals surface area (Å²) in [5.74, 6) is 0.366. The van der Waals surface area contributed by atoms with E-state index in [2.05, 4.69) is 9.97 Å². The molecule has 0 atom stereocenters. The third-order valence-corrected chi connectivity index (χ3v) is 4.55. The van der Waals surface area contributed by atoms with Gasteiger partial charge in [0, 0.05) is 5.56 Å². The Balaban J connectivity index is 1.72. The highest BCUT2D eigenvalue weighted by Crippen LogP contribution is 2.28. The predicted molar refractivity (Wildman–Crippen MR) is 98.3 cm³/mol. The average Bonchev–Trinajstić information content (AvgIpc) is 2.69. The fourth-order valence-electron chi connectivity index (χ4n) is 3.22. The van der Waals surface area contributed by atoms with Gasteiger partial charge in [0.05, 0.1) is 16.8 Å². The SMILES string of the molecule is O=C(Oc1ccccc1-c1nc2c(c(=O)[nH]1)CCCC2)c1ccccc1. The number of ether oxygens (including phenoxy) is 1. The van der Waals surface area contributed by atoms with Crippen molar-refractivity contribution in [3.8, 4) is 17.1 Å². The van der Waals surface area contributed by atoms with E-state index in [1.807, 2.05) is 12.1 Å². The standard InChI is InChI=1S/C21H18N2O3/c24-20-15-10-4-6-12-17(15)22-19(23-20)16-11-5-7-13-18(16)26-21(25)14-8-2-1-3-9-14/h1-3,5,7-9,11,13H,4,6,10,12H2,(H,22,23,24). The maximum Gasteiger partial charge on any atom is 0.343 e. The van der Waals surface area contributed by atoms with E-state index in [0.29, 0.717) is 22.7 Å². The van der Waals surface area contributed by atoms with E-state index in [0.717, 1.165) is 36.9 Å². The van der Waals surface area contributed by atoms with Crippen LogP contribution in [-0.2, 0) is 12.8 Å². The number of aryl methyl sites for hydroxylation is 1. The fourth-order valence-corrected chi connectivity index (χ4v) is 3.22. The molecular formula is C21H18N2O3. The van der Waals surface area contributed by atoms with E-state index in [9.17, 15) is 9.59 Å². The van der Waals surface area contributed by atoms with Gasteiger partial charge in [0.25, 0.3) is 5.56 Å². The Morgan fingerprint density at radius 1 is 0.962 bits per heavy atom. The van der Waals surface area contributed by atoms with Crippen LogP contribution in [0.4, 0.5) is 0 Å². The van der Waals surface area contributed by atoms with Crippen molar-refractivity contribution in [2.45, 2.75) is 25.7 Å². The molecule has 0 fully saturated rings. The molecule has 5 nitrogen and oxygen atoms in total. The van der Waals surface area contributed by atoms with Crippen molar-refractivity contribution in [2.75, 3.05) is 0 Å². The van der Waals surface area contributed by atoms with Crippen LogP contribution in [-0.4, -0.2) is 15.9 Å². The Bertz CT molecular complexity index is 1010. The van der Waals surface area contributed by atoms with Gasteiger partial charge in [-0.2, -0.15) is 0 Å².